The van der Waals surface area contributed by atoms with Gasteiger partial charge in [0.05, 0.1) is 6.54 Å². The number of nitrogens with zero attached hydrogens (tertiary/aromatic N) is 1. The Morgan fingerprint density at radius 1 is 1.21 bits per heavy atom. The molecule has 1 aliphatic rings. The van der Waals surface area contributed by atoms with E-state index >= 15 is 0 Å². The van der Waals surface area contributed by atoms with Crippen LogP contribution in [0.15, 0.2) is 4.99 Å². The minimum absolute atomic E-state index is 0. The molecular weight excluding hydrogens is 363 g/mol. The molecule has 0 aliphatic heterocycles. The van der Waals surface area contributed by atoms with E-state index in [0.29, 0.717) is 17.9 Å². The third kappa shape index (κ3) is 6.72. The molecule has 1 rings (SSSR count). The van der Waals surface area contributed by atoms with Crippen molar-refractivity contribution in [2.45, 2.75) is 52.4 Å². The van der Waals surface area contributed by atoms with Crippen molar-refractivity contribution in [1.82, 2.24) is 10.6 Å². The molecule has 0 radical (unpaired) electrons. The summed E-state index contributed by atoms with van der Waals surface area (Å²) in [7, 11) is 0. The predicted octanol–water partition coefficient (Wildman–Crippen LogP) is 3.40. The second-order valence-electron chi connectivity index (χ2n) is 5.03. The molecule has 1 fully saturated rings. The van der Waals surface area contributed by atoms with Crippen molar-refractivity contribution < 1.29 is 8.78 Å². The van der Waals surface area contributed by atoms with Crippen LogP contribution in [0.2, 0.25) is 0 Å². The molecule has 0 aromatic carbocycles. The minimum atomic E-state index is -2.35. The van der Waals surface area contributed by atoms with Gasteiger partial charge in [0.15, 0.2) is 5.96 Å². The number of alkyl halides is 2. The first-order valence-electron chi connectivity index (χ1n) is 6.92. The summed E-state index contributed by atoms with van der Waals surface area (Å²) in [4.78, 5) is 4.47. The Bertz CT molecular complexity index is 267. The van der Waals surface area contributed by atoms with Crippen LogP contribution in [0, 0.1) is 5.41 Å². The molecule has 114 valence electrons. The fourth-order valence-electron chi connectivity index (χ4n) is 2.51. The van der Waals surface area contributed by atoms with Crippen LogP contribution in [0.4, 0.5) is 8.78 Å². The maximum absolute atomic E-state index is 12.2. The second-order valence-corrected chi connectivity index (χ2v) is 5.03. The van der Waals surface area contributed by atoms with E-state index in [0.717, 1.165) is 13.0 Å². The number of halogens is 3. The maximum Gasteiger partial charge on any atom is 0.255 e. The second kappa shape index (κ2) is 9.72. The zero-order chi connectivity index (χ0) is 13.4. The van der Waals surface area contributed by atoms with Gasteiger partial charge in [-0.1, -0.05) is 19.8 Å². The maximum atomic E-state index is 12.2. The molecule has 0 aromatic rings. The zero-order valence-electron chi connectivity index (χ0n) is 11.8. The standard InChI is InChI=1S/C13H25F2N3.HI/c1-3-13(7-5-6-8-13)10-18-12(16-4-2)17-9-11(14)15;/h11H,3-10H2,1-2H3,(H2,16,17,18);1H. The van der Waals surface area contributed by atoms with Gasteiger partial charge in [0.1, 0.15) is 0 Å². The molecule has 0 spiro atoms. The van der Waals surface area contributed by atoms with Gasteiger partial charge < -0.3 is 10.6 Å². The Kier molecular flexibility index (Phi) is 9.64. The van der Waals surface area contributed by atoms with E-state index in [-0.39, 0.29) is 30.5 Å². The molecule has 1 aliphatic carbocycles. The van der Waals surface area contributed by atoms with Crippen LogP contribution in [0.3, 0.4) is 0 Å². The minimum Gasteiger partial charge on any atom is -0.357 e. The molecule has 0 amide bonds. The Hall–Kier alpha value is -0.140. The topological polar surface area (TPSA) is 36.4 Å². The van der Waals surface area contributed by atoms with Crippen molar-refractivity contribution >= 4 is 29.9 Å². The smallest absolute Gasteiger partial charge is 0.255 e. The van der Waals surface area contributed by atoms with E-state index in [2.05, 4.69) is 22.5 Å². The summed E-state index contributed by atoms with van der Waals surface area (Å²) in [6, 6.07) is 0. The summed E-state index contributed by atoms with van der Waals surface area (Å²) in [6.45, 7) is 5.21. The summed E-state index contributed by atoms with van der Waals surface area (Å²) in [5, 5.41) is 5.68. The summed E-state index contributed by atoms with van der Waals surface area (Å²) in [5.74, 6) is 0.512. The van der Waals surface area contributed by atoms with Crippen LogP contribution in [-0.4, -0.2) is 32.0 Å². The molecule has 0 bridgehead atoms. The first kappa shape index (κ1) is 18.9. The monoisotopic (exact) mass is 389 g/mol. The summed E-state index contributed by atoms with van der Waals surface area (Å²) < 4.78 is 24.3. The van der Waals surface area contributed by atoms with Crippen molar-refractivity contribution in [2.75, 3.05) is 19.6 Å². The average molecular weight is 389 g/mol. The van der Waals surface area contributed by atoms with Crippen molar-refractivity contribution in [3.8, 4) is 0 Å². The van der Waals surface area contributed by atoms with Crippen LogP contribution < -0.4 is 10.6 Å². The molecule has 0 aromatic heterocycles. The number of guanidine groups is 1. The van der Waals surface area contributed by atoms with Gasteiger partial charge in [0.2, 0.25) is 0 Å². The lowest BCUT2D eigenvalue weighted by Crippen LogP contribution is -2.40. The Morgan fingerprint density at radius 3 is 2.32 bits per heavy atom. The van der Waals surface area contributed by atoms with E-state index < -0.39 is 6.43 Å². The third-order valence-corrected chi connectivity index (χ3v) is 3.75. The molecule has 2 N–H and O–H groups in total. The van der Waals surface area contributed by atoms with Crippen LogP contribution >= 0.6 is 24.0 Å². The van der Waals surface area contributed by atoms with Gasteiger partial charge in [0.25, 0.3) is 6.43 Å². The lowest BCUT2D eigenvalue weighted by Gasteiger charge is -2.25. The highest BCUT2D eigenvalue weighted by atomic mass is 127. The van der Waals surface area contributed by atoms with Gasteiger partial charge in [-0.05, 0) is 31.6 Å². The highest BCUT2D eigenvalue weighted by Crippen LogP contribution is 2.41. The Labute approximate surface area is 132 Å². The normalized spacial score (nSPS) is 18.3. The zero-order valence-corrected chi connectivity index (χ0v) is 14.2. The number of hydrogen-bond donors (Lipinski definition) is 2. The first-order valence-corrected chi connectivity index (χ1v) is 6.92. The van der Waals surface area contributed by atoms with Crippen LogP contribution in [0.5, 0.6) is 0 Å². The van der Waals surface area contributed by atoms with E-state index in [1.54, 1.807) is 0 Å². The fourth-order valence-corrected chi connectivity index (χ4v) is 2.51. The quantitative estimate of drug-likeness (QED) is 0.415. The van der Waals surface area contributed by atoms with Crippen molar-refractivity contribution in [3.63, 3.8) is 0 Å². The molecule has 0 saturated heterocycles. The molecule has 19 heavy (non-hydrogen) atoms. The van der Waals surface area contributed by atoms with Crippen LogP contribution in [-0.2, 0) is 0 Å². The van der Waals surface area contributed by atoms with Gasteiger partial charge in [-0.3, -0.25) is 4.99 Å². The number of rotatable bonds is 6. The molecule has 3 nitrogen and oxygen atoms in total. The van der Waals surface area contributed by atoms with Crippen molar-refractivity contribution in [3.05, 3.63) is 0 Å². The van der Waals surface area contributed by atoms with E-state index in [1.165, 1.54) is 25.7 Å². The summed E-state index contributed by atoms with van der Waals surface area (Å²) >= 11 is 0. The van der Waals surface area contributed by atoms with Crippen molar-refractivity contribution in [1.29, 1.82) is 0 Å². The average Bonchev–Trinajstić information content (AvgIpc) is 2.82. The first-order chi connectivity index (χ1) is 8.62. The SMILES string of the molecule is CCNC(=NCC1(CC)CCCC1)NCC(F)F.I. The molecule has 0 heterocycles. The van der Waals surface area contributed by atoms with Crippen molar-refractivity contribution in [2.24, 2.45) is 10.4 Å². The molecular formula is C13H26F2IN3. The fraction of sp³-hybridized carbons (Fsp3) is 0.923. The van der Waals surface area contributed by atoms with E-state index in [1.807, 2.05) is 6.92 Å². The number of hydrogen-bond acceptors (Lipinski definition) is 1. The molecule has 0 unspecified atom stereocenters. The van der Waals surface area contributed by atoms with Gasteiger partial charge in [-0.15, -0.1) is 24.0 Å². The lowest BCUT2D eigenvalue weighted by atomic mass is 9.84. The number of nitrogens with one attached hydrogen (secondary N) is 2. The third-order valence-electron chi connectivity index (χ3n) is 3.75. The van der Waals surface area contributed by atoms with Crippen LogP contribution in [0.1, 0.15) is 46.0 Å². The Morgan fingerprint density at radius 2 is 1.84 bits per heavy atom. The molecule has 0 atom stereocenters. The largest absolute Gasteiger partial charge is 0.357 e. The molecule has 1 saturated carbocycles. The van der Waals surface area contributed by atoms with Gasteiger partial charge >= 0.3 is 0 Å². The lowest BCUT2D eigenvalue weighted by molar-refractivity contribution is 0.152. The number of aliphatic imine (C=N–C) groups is 1. The summed E-state index contributed by atoms with van der Waals surface area (Å²) in [5.41, 5.74) is 0.299. The molecule has 6 heteroatoms. The van der Waals surface area contributed by atoms with E-state index in [9.17, 15) is 8.78 Å². The van der Waals surface area contributed by atoms with Gasteiger partial charge in [-0.25, -0.2) is 8.78 Å². The Balaban J connectivity index is 0.00000324. The highest BCUT2D eigenvalue weighted by Gasteiger charge is 2.31. The predicted molar refractivity (Wildman–Crippen MR) is 86.6 cm³/mol. The van der Waals surface area contributed by atoms with Gasteiger partial charge in [0, 0.05) is 13.1 Å². The van der Waals surface area contributed by atoms with E-state index in [4.69, 9.17) is 0 Å². The highest BCUT2D eigenvalue weighted by molar-refractivity contribution is 14.0. The van der Waals surface area contributed by atoms with Crippen LogP contribution in [0.25, 0.3) is 0 Å². The van der Waals surface area contributed by atoms with Gasteiger partial charge in [-0.2, -0.15) is 0 Å². The summed E-state index contributed by atoms with van der Waals surface area (Å²) in [6.07, 6.45) is 3.72.